The van der Waals surface area contributed by atoms with E-state index in [1.807, 2.05) is 12.3 Å². The van der Waals surface area contributed by atoms with Crippen LogP contribution in [-0.4, -0.2) is 19.9 Å². The summed E-state index contributed by atoms with van der Waals surface area (Å²) in [6, 6.07) is 54.2. The van der Waals surface area contributed by atoms with Crippen molar-refractivity contribution in [3.05, 3.63) is 180 Å². The summed E-state index contributed by atoms with van der Waals surface area (Å²) in [5, 5.41) is 4.92. The van der Waals surface area contributed by atoms with Gasteiger partial charge in [0.15, 0.2) is 17.5 Å². The van der Waals surface area contributed by atoms with Crippen molar-refractivity contribution in [1.82, 2.24) is 19.9 Å². The minimum absolute atomic E-state index is 0.209. The Bertz CT molecular complexity index is 3080. The number of aromatic nitrogens is 4. The van der Waals surface area contributed by atoms with Gasteiger partial charge in [-0.1, -0.05) is 155 Å². The third kappa shape index (κ3) is 4.72. The molecule has 0 saturated heterocycles. The fourth-order valence-electron chi connectivity index (χ4n) is 9.58. The molecule has 0 unspecified atom stereocenters. The highest BCUT2D eigenvalue weighted by Crippen LogP contribution is 2.57. The topological polar surface area (TPSA) is 51.6 Å². The average Bonchev–Trinajstić information content (AvgIpc) is 3.48. The molecule has 2 heterocycles. The van der Waals surface area contributed by atoms with Crippen LogP contribution < -0.4 is 0 Å². The van der Waals surface area contributed by atoms with E-state index in [4.69, 9.17) is 19.9 Å². The van der Waals surface area contributed by atoms with E-state index in [2.05, 4.69) is 173 Å². The highest BCUT2D eigenvalue weighted by atomic mass is 15.0. The first kappa shape index (κ1) is 32.6. The van der Waals surface area contributed by atoms with Crippen molar-refractivity contribution >= 4 is 21.5 Å². The van der Waals surface area contributed by atoms with E-state index < -0.39 is 0 Å². The molecule has 0 amide bonds. The second-order valence-corrected chi connectivity index (χ2v) is 16.3. The summed E-state index contributed by atoms with van der Waals surface area (Å²) in [6.45, 7) is 9.36. The van der Waals surface area contributed by atoms with E-state index in [0.29, 0.717) is 17.5 Å². The summed E-state index contributed by atoms with van der Waals surface area (Å²) in [5.41, 5.74) is 14.8. The molecular weight excluding hydrogens is 681 g/mol. The predicted octanol–water partition coefficient (Wildman–Crippen LogP) is 12.9. The van der Waals surface area contributed by atoms with Crippen molar-refractivity contribution in [1.29, 1.82) is 0 Å². The van der Waals surface area contributed by atoms with Gasteiger partial charge in [0, 0.05) is 39.3 Å². The minimum Gasteiger partial charge on any atom is -0.260 e. The van der Waals surface area contributed by atoms with Gasteiger partial charge in [0.05, 0.1) is 5.69 Å². The summed E-state index contributed by atoms with van der Waals surface area (Å²) in [5.74, 6) is 1.95. The van der Waals surface area contributed by atoms with Crippen molar-refractivity contribution in [2.75, 3.05) is 0 Å². The highest BCUT2D eigenvalue weighted by molar-refractivity contribution is 6.10. The molecule has 0 bridgehead atoms. The zero-order valence-corrected chi connectivity index (χ0v) is 31.8. The lowest BCUT2D eigenvalue weighted by Crippen LogP contribution is -2.25. The van der Waals surface area contributed by atoms with Crippen LogP contribution in [0.1, 0.15) is 50.1 Å². The zero-order chi connectivity index (χ0) is 37.8. The van der Waals surface area contributed by atoms with Crippen LogP contribution in [0.25, 0.3) is 89.1 Å². The summed E-state index contributed by atoms with van der Waals surface area (Å²) in [7, 11) is 0. The largest absolute Gasteiger partial charge is 0.260 e. The van der Waals surface area contributed by atoms with E-state index in [1.54, 1.807) is 0 Å². The normalized spacial score (nSPS) is 14.4. The molecule has 0 saturated carbocycles. The van der Waals surface area contributed by atoms with Crippen molar-refractivity contribution in [3.8, 4) is 67.5 Å². The lowest BCUT2D eigenvalue weighted by atomic mass is 9.69. The van der Waals surface area contributed by atoms with E-state index >= 15 is 0 Å². The third-order valence-electron chi connectivity index (χ3n) is 12.3. The van der Waals surface area contributed by atoms with Gasteiger partial charge in [-0.15, -0.1) is 0 Å². The van der Waals surface area contributed by atoms with Crippen molar-refractivity contribution in [3.63, 3.8) is 0 Å². The Hall–Kier alpha value is -6.78. The van der Waals surface area contributed by atoms with Gasteiger partial charge in [-0.05, 0) is 90.3 Å². The van der Waals surface area contributed by atoms with Crippen LogP contribution in [0.4, 0.5) is 0 Å². The molecule has 2 aromatic heterocycles. The molecule has 0 spiro atoms. The third-order valence-corrected chi connectivity index (χ3v) is 12.3. The van der Waals surface area contributed by atoms with Crippen LogP contribution in [0.15, 0.2) is 158 Å². The lowest BCUT2D eigenvalue weighted by molar-refractivity contribution is 0.620. The standard InChI is InChI=1S/C52H38N4/c1-51(2)43-26-25-35(29-40(43)42-30-41-37-23-13-27-53-47(37)52(3,4)44-24-12-22-39(45(41)44)46(42)51)49-54-48(34-19-10-18-33(28-34)31-14-6-5-7-15-31)55-50(56-49)38-21-11-17-32-16-8-9-20-36(32)38/h5-30H,1-4H3. The number of pyridine rings is 1. The molecule has 0 N–H and O–H groups in total. The van der Waals surface area contributed by atoms with Crippen LogP contribution in [-0.2, 0) is 10.8 Å². The molecule has 2 aliphatic rings. The van der Waals surface area contributed by atoms with Gasteiger partial charge >= 0.3 is 0 Å². The molecule has 0 atom stereocenters. The van der Waals surface area contributed by atoms with Crippen LogP contribution in [0.2, 0.25) is 0 Å². The van der Waals surface area contributed by atoms with Gasteiger partial charge < -0.3 is 0 Å². The molecule has 4 heteroatoms. The maximum absolute atomic E-state index is 5.27. The average molecular weight is 719 g/mol. The van der Waals surface area contributed by atoms with E-state index in [-0.39, 0.29) is 10.8 Å². The highest BCUT2D eigenvalue weighted by Gasteiger charge is 2.41. The number of hydrogen-bond donors (Lipinski definition) is 0. The monoisotopic (exact) mass is 718 g/mol. The number of hydrogen-bond acceptors (Lipinski definition) is 4. The second kappa shape index (κ2) is 11.9. The molecule has 266 valence electrons. The van der Waals surface area contributed by atoms with Gasteiger partial charge in [0.1, 0.15) is 0 Å². The van der Waals surface area contributed by atoms with Crippen LogP contribution in [0.3, 0.4) is 0 Å². The Labute approximate surface area is 326 Å². The van der Waals surface area contributed by atoms with Gasteiger partial charge in [0.2, 0.25) is 0 Å². The quantitative estimate of drug-likeness (QED) is 0.182. The molecule has 0 radical (unpaired) electrons. The van der Waals surface area contributed by atoms with Gasteiger partial charge in [-0.25, -0.2) is 15.0 Å². The number of rotatable bonds is 4. The number of nitrogens with zero attached hydrogens (tertiary/aromatic N) is 4. The van der Waals surface area contributed by atoms with E-state index in [9.17, 15) is 0 Å². The van der Waals surface area contributed by atoms with E-state index in [0.717, 1.165) is 44.3 Å². The van der Waals surface area contributed by atoms with Crippen molar-refractivity contribution in [2.24, 2.45) is 0 Å². The zero-order valence-electron chi connectivity index (χ0n) is 31.8. The van der Waals surface area contributed by atoms with Crippen molar-refractivity contribution in [2.45, 2.75) is 38.5 Å². The van der Waals surface area contributed by atoms with Crippen molar-refractivity contribution < 1.29 is 0 Å². The van der Waals surface area contributed by atoms with Crippen LogP contribution >= 0.6 is 0 Å². The first-order valence-corrected chi connectivity index (χ1v) is 19.4. The molecule has 4 nitrogen and oxygen atoms in total. The smallest absolute Gasteiger partial charge is 0.164 e. The van der Waals surface area contributed by atoms with Crippen LogP contribution in [0, 0.1) is 0 Å². The fourth-order valence-corrected chi connectivity index (χ4v) is 9.58. The molecule has 0 aliphatic heterocycles. The lowest BCUT2D eigenvalue weighted by Gasteiger charge is -2.35. The number of fused-ring (bicyclic) bond motifs is 7. The number of benzene rings is 7. The minimum atomic E-state index is -0.212. The molecular formula is C52H38N4. The fraction of sp³-hybridized carbons (Fsp3) is 0.115. The second-order valence-electron chi connectivity index (χ2n) is 16.3. The Morgan fingerprint density at radius 3 is 1.91 bits per heavy atom. The first-order valence-electron chi connectivity index (χ1n) is 19.4. The van der Waals surface area contributed by atoms with E-state index in [1.165, 1.54) is 49.7 Å². The van der Waals surface area contributed by atoms with Gasteiger partial charge in [0.25, 0.3) is 0 Å². The van der Waals surface area contributed by atoms with Gasteiger partial charge in [-0.2, -0.15) is 0 Å². The summed E-state index contributed by atoms with van der Waals surface area (Å²) < 4.78 is 0. The summed E-state index contributed by atoms with van der Waals surface area (Å²) in [4.78, 5) is 20.7. The maximum atomic E-state index is 5.27. The summed E-state index contributed by atoms with van der Waals surface area (Å²) in [6.07, 6.45) is 1.93. The molecule has 0 fully saturated rings. The SMILES string of the molecule is CC1(C)c2ccc(-c3nc(-c4cccc(-c5ccccc5)c4)nc(-c4cccc5ccccc45)n3)cc2-c2cc3c4c(cccc4c21)C(C)(C)c1ncccc1-3. The summed E-state index contributed by atoms with van der Waals surface area (Å²) >= 11 is 0. The Morgan fingerprint density at radius 2 is 1.05 bits per heavy atom. The maximum Gasteiger partial charge on any atom is 0.164 e. The Kier molecular flexibility index (Phi) is 6.91. The molecule has 7 aromatic carbocycles. The Morgan fingerprint density at radius 1 is 0.393 bits per heavy atom. The molecule has 2 aliphatic carbocycles. The van der Waals surface area contributed by atoms with Gasteiger partial charge in [-0.3, -0.25) is 4.98 Å². The Balaban J connectivity index is 1.14. The molecule has 56 heavy (non-hydrogen) atoms. The molecule has 9 aromatic rings. The first-order chi connectivity index (χ1) is 27.3. The predicted molar refractivity (Wildman–Crippen MR) is 230 cm³/mol. The molecule has 11 rings (SSSR count). The van der Waals surface area contributed by atoms with Crippen LogP contribution in [0.5, 0.6) is 0 Å².